The smallest absolute Gasteiger partial charge is 0.379 e. The van der Waals surface area contributed by atoms with E-state index in [0.717, 1.165) is 21.9 Å². The molecule has 0 spiro atoms. The SMILES string of the molecule is CCOC(=O)C(=O)/C=C/c1cpc(P)pc1. The third-order valence-electron chi connectivity index (χ3n) is 1.60. The molecule has 0 bridgehead atoms. The van der Waals surface area contributed by atoms with Crippen LogP contribution in [0.15, 0.2) is 17.7 Å². The van der Waals surface area contributed by atoms with Crippen molar-refractivity contribution in [3.63, 3.8) is 0 Å². The van der Waals surface area contributed by atoms with E-state index < -0.39 is 11.8 Å². The first-order valence-corrected chi connectivity index (χ1v) is 7.10. The second-order valence-corrected chi connectivity index (χ2v) is 6.69. The predicted octanol–water partition coefficient (Wildman–Crippen LogP) is 2.49. The molecule has 0 fully saturated rings. The molecule has 3 nitrogen and oxygen atoms in total. The van der Waals surface area contributed by atoms with Gasteiger partial charge in [0, 0.05) is 4.77 Å². The van der Waals surface area contributed by atoms with Gasteiger partial charge in [0.25, 0.3) is 5.78 Å². The van der Waals surface area contributed by atoms with Crippen LogP contribution in [0.1, 0.15) is 12.5 Å². The number of hydrogen-bond donors (Lipinski definition) is 0. The van der Waals surface area contributed by atoms with Gasteiger partial charge in [-0.15, -0.1) is 0 Å². The summed E-state index contributed by atoms with van der Waals surface area (Å²) in [7, 11) is 4.90. The molecule has 0 radical (unpaired) electrons. The van der Waals surface area contributed by atoms with Crippen LogP contribution in [0.25, 0.3) is 6.08 Å². The molecular weight excluding hydrogens is 261 g/mol. The number of ketones is 1. The van der Waals surface area contributed by atoms with Gasteiger partial charge in [-0.05, 0) is 30.2 Å². The molecule has 0 aliphatic carbocycles. The van der Waals surface area contributed by atoms with Crippen molar-refractivity contribution in [1.29, 1.82) is 0 Å². The van der Waals surface area contributed by atoms with E-state index in [-0.39, 0.29) is 6.61 Å². The fourth-order valence-corrected chi connectivity index (χ4v) is 2.94. The second-order valence-electron chi connectivity index (χ2n) is 2.79. The Kier molecular flexibility index (Phi) is 5.77. The molecule has 0 aliphatic heterocycles. The highest BCUT2D eigenvalue weighted by atomic mass is 31.1. The van der Waals surface area contributed by atoms with Gasteiger partial charge in [0.15, 0.2) is 0 Å². The highest BCUT2D eigenvalue weighted by Crippen LogP contribution is 2.18. The topological polar surface area (TPSA) is 43.4 Å². The molecule has 0 aliphatic rings. The maximum absolute atomic E-state index is 11.2. The Bertz CT molecular complexity index is 412. The zero-order valence-electron chi connectivity index (χ0n) is 8.71. The number of hydrogen-bond acceptors (Lipinski definition) is 3. The van der Waals surface area contributed by atoms with Crippen LogP contribution in [0.5, 0.6) is 0 Å². The van der Waals surface area contributed by atoms with Gasteiger partial charge in [0.05, 0.1) is 6.61 Å². The molecule has 1 aromatic heterocycles. The highest BCUT2D eigenvalue weighted by Gasteiger charge is 2.09. The summed E-state index contributed by atoms with van der Waals surface area (Å²) < 4.78 is 5.84. The van der Waals surface area contributed by atoms with Gasteiger partial charge < -0.3 is 4.74 Å². The molecule has 1 unspecified atom stereocenters. The Hall–Kier alpha value is -0.610. The lowest BCUT2D eigenvalue weighted by atomic mass is 10.3. The molecule has 1 aromatic rings. The molecule has 1 atom stereocenters. The van der Waals surface area contributed by atoms with Gasteiger partial charge >= 0.3 is 5.97 Å². The van der Waals surface area contributed by atoms with E-state index in [1.54, 1.807) is 13.0 Å². The Morgan fingerprint density at radius 1 is 1.44 bits per heavy atom. The van der Waals surface area contributed by atoms with Crippen LogP contribution in [0.3, 0.4) is 0 Å². The van der Waals surface area contributed by atoms with Crippen molar-refractivity contribution in [3.8, 4) is 0 Å². The monoisotopic (exact) mass is 272 g/mol. The molecule has 0 saturated heterocycles. The standard InChI is InChI=1S/C10H11O3P3/c1-2-13-9(12)8(11)4-3-7-5-15-10(14)16-6-7/h3-6H,2,14H2,1H3/b4-3+. The van der Waals surface area contributed by atoms with Gasteiger partial charge in [-0.1, -0.05) is 31.7 Å². The zero-order valence-corrected chi connectivity index (χ0v) is 11.7. The van der Waals surface area contributed by atoms with Crippen molar-refractivity contribution in [1.82, 2.24) is 0 Å². The average Bonchev–Trinajstić information content (AvgIpc) is 2.28. The number of carbonyl (C=O) groups excluding carboxylic acids is 2. The third kappa shape index (κ3) is 4.49. The molecular formula is C10H11O3P3. The van der Waals surface area contributed by atoms with Gasteiger partial charge in [-0.2, -0.15) is 0 Å². The van der Waals surface area contributed by atoms with Crippen LogP contribution in [0.2, 0.25) is 0 Å². The van der Waals surface area contributed by atoms with Gasteiger partial charge in [-0.3, -0.25) is 4.79 Å². The first kappa shape index (κ1) is 13.5. The Labute approximate surface area is 99.7 Å². The minimum Gasteiger partial charge on any atom is -0.460 e. The normalized spacial score (nSPS) is 11.4. The van der Waals surface area contributed by atoms with Gasteiger partial charge in [0.2, 0.25) is 0 Å². The van der Waals surface area contributed by atoms with Crippen LogP contribution < -0.4 is 4.77 Å². The lowest BCUT2D eigenvalue weighted by Crippen LogP contribution is -2.14. The Morgan fingerprint density at radius 3 is 2.62 bits per heavy atom. The van der Waals surface area contributed by atoms with Crippen molar-refractivity contribution in [2.45, 2.75) is 6.92 Å². The largest absolute Gasteiger partial charge is 0.460 e. The van der Waals surface area contributed by atoms with E-state index in [0.29, 0.717) is 0 Å². The molecule has 16 heavy (non-hydrogen) atoms. The predicted molar refractivity (Wildman–Crippen MR) is 71.5 cm³/mol. The zero-order chi connectivity index (χ0) is 12.0. The summed E-state index contributed by atoms with van der Waals surface area (Å²) in [6, 6.07) is 0. The maximum atomic E-state index is 11.2. The van der Waals surface area contributed by atoms with Crippen LogP contribution in [-0.2, 0) is 14.3 Å². The van der Waals surface area contributed by atoms with Crippen LogP contribution in [-0.4, -0.2) is 18.4 Å². The van der Waals surface area contributed by atoms with E-state index in [1.807, 2.05) is 11.6 Å². The fraction of sp³-hybridized carbons (Fsp3) is 0.200. The third-order valence-corrected chi connectivity index (χ3v) is 4.57. The van der Waals surface area contributed by atoms with Crippen molar-refractivity contribution in [2.75, 3.05) is 6.61 Å². The Balaban J connectivity index is 2.63. The number of ether oxygens (including phenoxy) is 1. The van der Waals surface area contributed by atoms with Gasteiger partial charge in [-0.25, -0.2) is 4.79 Å². The summed E-state index contributed by atoms with van der Waals surface area (Å²) in [5.74, 6) is 2.54. The molecule has 0 N–H and O–H groups in total. The summed E-state index contributed by atoms with van der Waals surface area (Å²) in [5.41, 5.74) is 0.951. The minimum atomic E-state index is -0.802. The summed E-state index contributed by atoms with van der Waals surface area (Å²) >= 11 is 0. The maximum Gasteiger partial charge on any atom is 0.379 e. The summed E-state index contributed by atoms with van der Waals surface area (Å²) in [6.45, 7) is 1.89. The van der Waals surface area contributed by atoms with Crippen molar-refractivity contribution >= 4 is 48.2 Å². The first-order valence-electron chi connectivity index (χ1n) is 4.60. The van der Waals surface area contributed by atoms with E-state index in [4.69, 9.17) is 0 Å². The minimum absolute atomic E-state index is 0.218. The number of rotatable bonds is 4. The molecule has 0 saturated carbocycles. The molecule has 0 aromatic carbocycles. The average molecular weight is 272 g/mol. The molecule has 0 amide bonds. The molecule has 6 heteroatoms. The van der Waals surface area contributed by atoms with Gasteiger partial charge in [0.1, 0.15) is 0 Å². The van der Waals surface area contributed by atoms with Crippen molar-refractivity contribution < 1.29 is 14.3 Å². The van der Waals surface area contributed by atoms with E-state index in [9.17, 15) is 9.59 Å². The number of carbonyl (C=O) groups is 2. The van der Waals surface area contributed by atoms with Crippen LogP contribution in [0.4, 0.5) is 0 Å². The summed E-state index contributed by atoms with van der Waals surface area (Å²) in [5, 5.41) is 0. The lowest BCUT2D eigenvalue weighted by molar-refractivity contribution is -0.151. The Morgan fingerprint density at radius 2 is 2.06 bits per heavy atom. The second kappa shape index (κ2) is 6.86. The fourth-order valence-electron chi connectivity index (χ4n) is 0.876. The van der Waals surface area contributed by atoms with E-state index in [2.05, 4.69) is 14.0 Å². The van der Waals surface area contributed by atoms with E-state index >= 15 is 0 Å². The molecule has 84 valence electrons. The quantitative estimate of drug-likeness (QED) is 0.366. The van der Waals surface area contributed by atoms with Crippen molar-refractivity contribution in [2.24, 2.45) is 0 Å². The lowest BCUT2D eigenvalue weighted by Gasteiger charge is -1.96. The van der Waals surface area contributed by atoms with Crippen molar-refractivity contribution in [3.05, 3.63) is 23.2 Å². The molecule has 1 rings (SSSR count). The van der Waals surface area contributed by atoms with E-state index in [1.165, 1.54) is 10.8 Å². The first-order chi connectivity index (χ1) is 7.63. The van der Waals surface area contributed by atoms with Crippen LogP contribution in [0, 0.1) is 0 Å². The highest BCUT2D eigenvalue weighted by molar-refractivity contribution is 7.67. The summed E-state index contributed by atoms with van der Waals surface area (Å²) in [4.78, 5) is 22.2. The molecule has 1 heterocycles. The summed E-state index contributed by atoms with van der Waals surface area (Å²) in [6.07, 6.45) is 2.88. The number of esters is 1. The van der Waals surface area contributed by atoms with Crippen LogP contribution >= 0.6 is 25.6 Å².